The lowest BCUT2D eigenvalue weighted by molar-refractivity contribution is 0.229. The summed E-state index contributed by atoms with van der Waals surface area (Å²) in [6.07, 6.45) is 0. The number of nitriles is 1. The Bertz CT molecular complexity index is 518. The molecule has 0 unspecified atom stereocenters. The molecule has 0 aromatic carbocycles. The second kappa shape index (κ2) is 5.78. The maximum Gasteiger partial charge on any atom is 0.381 e. The van der Waals surface area contributed by atoms with Gasteiger partial charge in [-0.1, -0.05) is 0 Å². The number of nitrogen functional groups attached to an aromatic ring is 2. The number of rotatable bonds is 5. The second-order valence-corrected chi connectivity index (χ2v) is 5.05. The molecule has 0 aliphatic heterocycles. The number of hydrogen-bond donors (Lipinski definition) is 2. The van der Waals surface area contributed by atoms with Crippen molar-refractivity contribution in [2.24, 2.45) is 0 Å². The minimum Gasteiger partial charge on any atom is -0.382 e. The number of nitrogens with two attached hydrogens (primary N) is 2. The van der Waals surface area contributed by atoms with E-state index in [-0.39, 0.29) is 36.0 Å². The van der Waals surface area contributed by atoms with Gasteiger partial charge in [0.15, 0.2) is 5.44 Å². The molecule has 8 nitrogen and oxygen atoms in total. The van der Waals surface area contributed by atoms with E-state index >= 15 is 0 Å². The minimum absolute atomic E-state index is 0.131. The molecule has 1 aromatic rings. The molecule has 9 heteroatoms. The van der Waals surface area contributed by atoms with E-state index in [0.29, 0.717) is 0 Å². The smallest absolute Gasteiger partial charge is 0.381 e. The molecule has 1 aromatic heterocycles. The topological polar surface area (TPSA) is 137 Å². The molecular weight excluding hydrogens is 257 g/mol. The van der Waals surface area contributed by atoms with Crippen LogP contribution in [0.15, 0.2) is 0 Å². The van der Waals surface area contributed by atoms with E-state index in [1.165, 1.54) is 0 Å². The predicted octanol–water partition coefficient (Wildman–Crippen LogP) is 0.404. The molecule has 0 aliphatic rings. The van der Waals surface area contributed by atoms with Crippen molar-refractivity contribution >= 4 is 24.8 Å². The molecular formula is C9H14N5O3P. The number of hydrogen-bond acceptors (Lipinski definition) is 8. The van der Waals surface area contributed by atoms with Gasteiger partial charge in [-0.2, -0.15) is 10.2 Å². The van der Waals surface area contributed by atoms with E-state index in [9.17, 15) is 4.57 Å². The first-order valence-corrected chi connectivity index (χ1v) is 6.75. The molecule has 0 radical (unpaired) electrons. The third kappa shape index (κ3) is 2.76. The highest BCUT2D eigenvalue weighted by Crippen LogP contribution is 2.47. The summed E-state index contributed by atoms with van der Waals surface area (Å²) in [7, 11) is -3.71. The van der Waals surface area contributed by atoms with E-state index in [4.69, 9.17) is 25.8 Å². The lowest BCUT2D eigenvalue weighted by Crippen LogP contribution is -2.22. The van der Waals surface area contributed by atoms with Crippen LogP contribution in [0.4, 0.5) is 11.8 Å². The third-order valence-corrected chi connectivity index (χ3v) is 3.94. The zero-order chi connectivity index (χ0) is 13.8. The molecule has 1 rings (SSSR count). The van der Waals surface area contributed by atoms with Crippen LogP contribution in [0.2, 0.25) is 0 Å². The minimum atomic E-state index is -3.71. The Hall–Kier alpha value is -1.68. The zero-order valence-corrected chi connectivity index (χ0v) is 11.0. The van der Waals surface area contributed by atoms with Gasteiger partial charge in [0.1, 0.15) is 17.5 Å². The number of nitrogens with zero attached hydrogens (tertiary/aromatic N) is 3. The van der Waals surface area contributed by atoms with Crippen molar-refractivity contribution in [1.82, 2.24) is 9.97 Å². The SMILES string of the molecule is CCOP(=O)(OCC)c1nc(N)nc(N)c1C#N. The van der Waals surface area contributed by atoms with E-state index in [1.54, 1.807) is 19.9 Å². The Morgan fingerprint density at radius 2 is 1.83 bits per heavy atom. The molecule has 18 heavy (non-hydrogen) atoms. The monoisotopic (exact) mass is 271 g/mol. The van der Waals surface area contributed by atoms with Crippen LogP contribution in [-0.2, 0) is 13.6 Å². The van der Waals surface area contributed by atoms with E-state index in [2.05, 4.69) is 9.97 Å². The normalized spacial score (nSPS) is 11.2. The first-order valence-electron chi connectivity index (χ1n) is 5.21. The summed E-state index contributed by atoms with van der Waals surface area (Å²) in [5, 5.41) is 9.01. The van der Waals surface area contributed by atoms with Gasteiger partial charge < -0.3 is 20.5 Å². The van der Waals surface area contributed by atoms with E-state index < -0.39 is 7.60 Å². The highest BCUT2D eigenvalue weighted by atomic mass is 31.2. The van der Waals surface area contributed by atoms with Crippen molar-refractivity contribution in [1.29, 1.82) is 5.26 Å². The van der Waals surface area contributed by atoms with Gasteiger partial charge in [-0.15, -0.1) is 0 Å². The van der Waals surface area contributed by atoms with Crippen molar-refractivity contribution < 1.29 is 13.6 Å². The van der Waals surface area contributed by atoms with Crippen LogP contribution in [0.25, 0.3) is 0 Å². The second-order valence-electron chi connectivity index (χ2n) is 3.11. The van der Waals surface area contributed by atoms with E-state index in [1.807, 2.05) is 0 Å². The van der Waals surface area contributed by atoms with Gasteiger partial charge in [0.2, 0.25) is 5.95 Å². The molecule has 0 saturated carbocycles. The lowest BCUT2D eigenvalue weighted by atomic mass is 10.3. The Balaban J connectivity index is 3.46. The molecule has 0 bridgehead atoms. The first kappa shape index (κ1) is 14.4. The summed E-state index contributed by atoms with van der Waals surface area (Å²) in [6.45, 7) is 3.55. The highest BCUT2D eigenvalue weighted by Gasteiger charge is 2.33. The van der Waals surface area contributed by atoms with Crippen LogP contribution in [0.1, 0.15) is 19.4 Å². The van der Waals surface area contributed by atoms with Gasteiger partial charge >= 0.3 is 7.60 Å². The van der Waals surface area contributed by atoms with Crippen LogP contribution in [-0.4, -0.2) is 23.2 Å². The summed E-state index contributed by atoms with van der Waals surface area (Å²) in [5.74, 6) is -0.347. The van der Waals surface area contributed by atoms with Crippen molar-refractivity contribution in [3.8, 4) is 6.07 Å². The summed E-state index contributed by atoms with van der Waals surface area (Å²) < 4.78 is 22.7. The molecule has 0 aliphatic carbocycles. The lowest BCUT2D eigenvalue weighted by Gasteiger charge is -2.17. The van der Waals surface area contributed by atoms with Crippen LogP contribution < -0.4 is 16.9 Å². The van der Waals surface area contributed by atoms with Crippen molar-refractivity contribution in [2.75, 3.05) is 24.7 Å². The fourth-order valence-corrected chi connectivity index (χ4v) is 2.95. The summed E-state index contributed by atoms with van der Waals surface area (Å²) in [6, 6.07) is 1.78. The molecule has 98 valence electrons. The Morgan fingerprint density at radius 3 is 2.28 bits per heavy atom. The van der Waals surface area contributed by atoms with E-state index in [0.717, 1.165) is 0 Å². The van der Waals surface area contributed by atoms with Crippen LogP contribution in [0, 0.1) is 11.3 Å². The average Bonchev–Trinajstić information content (AvgIpc) is 2.28. The standard InChI is InChI=1S/C9H14N5O3P/c1-3-16-18(15,17-4-2)8-6(5-10)7(11)13-9(12)14-8/h3-4H2,1-2H3,(H4,11,12,13,14). The van der Waals surface area contributed by atoms with Crippen molar-refractivity contribution in [3.63, 3.8) is 0 Å². The maximum absolute atomic E-state index is 12.5. The number of anilines is 2. The Kier molecular flexibility index (Phi) is 4.62. The molecule has 0 saturated heterocycles. The number of aromatic nitrogens is 2. The fourth-order valence-electron chi connectivity index (χ4n) is 1.29. The molecule has 0 spiro atoms. The van der Waals surface area contributed by atoms with Gasteiger partial charge in [-0.3, -0.25) is 4.57 Å². The summed E-state index contributed by atoms with van der Waals surface area (Å²) in [4.78, 5) is 7.39. The molecule has 0 atom stereocenters. The molecule has 4 N–H and O–H groups in total. The van der Waals surface area contributed by atoms with Crippen LogP contribution >= 0.6 is 7.60 Å². The average molecular weight is 271 g/mol. The Morgan fingerprint density at radius 1 is 1.28 bits per heavy atom. The van der Waals surface area contributed by atoms with Gasteiger partial charge in [0.25, 0.3) is 0 Å². The summed E-state index contributed by atoms with van der Waals surface area (Å²) >= 11 is 0. The fraction of sp³-hybridized carbons (Fsp3) is 0.444. The quantitative estimate of drug-likeness (QED) is 0.734. The highest BCUT2D eigenvalue weighted by molar-refractivity contribution is 7.62. The zero-order valence-electron chi connectivity index (χ0n) is 10.1. The largest absolute Gasteiger partial charge is 0.382 e. The first-order chi connectivity index (χ1) is 8.48. The van der Waals surface area contributed by atoms with Gasteiger partial charge in [-0.05, 0) is 13.8 Å². The van der Waals surface area contributed by atoms with Crippen molar-refractivity contribution in [3.05, 3.63) is 5.56 Å². The van der Waals surface area contributed by atoms with Gasteiger partial charge in [0.05, 0.1) is 13.2 Å². The molecule has 0 fully saturated rings. The van der Waals surface area contributed by atoms with Crippen LogP contribution in [0.3, 0.4) is 0 Å². The predicted molar refractivity (Wildman–Crippen MR) is 66.1 cm³/mol. The third-order valence-electron chi connectivity index (χ3n) is 1.90. The summed E-state index contributed by atoms with van der Waals surface area (Å²) in [5.41, 5.74) is 10.6. The Labute approximate surface area is 104 Å². The molecule has 1 heterocycles. The van der Waals surface area contributed by atoms with Crippen LogP contribution in [0.5, 0.6) is 0 Å². The maximum atomic E-state index is 12.5. The van der Waals surface area contributed by atoms with Crippen molar-refractivity contribution in [2.45, 2.75) is 13.8 Å². The van der Waals surface area contributed by atoms with Gasteiger partial charge in [0, 0.05) is 0 Å². The van der Waals surface area contributed by atoms with Gasteiger partial charge in [-0.25, -0.2) is 4.98 Å². The molecule has 0 amide bonds.